The van der Waals surface area contributed by atoms with Crippen molar-refractivity contribution in [1.29, 1.82) is 0 Å². The number of ketones is 1. The molecule has 0 radical (unpaired) electrons. The van der Waals surface area contributed by atoms with Crippen LogP contribution in [0.2, 0.25) is 0 Å². The molecule has 0 saturated carbocycles. The van der Waals surface area contributed by atoms with Gasteiger partial charge in [0.15, 0.2) is 0 Å². The maximum absolute atomic E-state index is 12.4. The lowest BCUT2D eigenvalue weighted by Gasteiger charge is -2.29. The van der Waals surface area contributed by atoms with Crippen molar-refractivity contribution in [2.24, 2.45) is 0 Å². The van der Waals surface area contributed by atoms with Crippen LogP contribution in [0.15, 0.2) is 41.8 Å². The van der Waals surface area contributed by atoms with Gasteiger partial charge < -0.3 is 25.4 Å². The third-order valence-corrected chi connectivity index (χ3v) is 5.14. The van der Waals surface area contributed by atoms with Crippen molar-refractivity contribution in [3.63, 3.8) is 0 Å². The molecule has 2 amide bonds. The minimum Gasteiger partial charge on any atom is -0.394 e. The average molecular weight is 403 g/mol. The first-order valence-corrected chi connectivity index (χ1v) is 9.69. The summed E-state index contributed by atoms with van der Waals surface area (Å²) >= 11 is 1.13. The molecule has 9 heteroatoms. The minimum absolute atomic E-state index is 0.272. The molecule has 1 atom stereocenters. The van der Waals surface area contributed by atoms with Crippen LogP contribution in [0.5, 0.6) is 0 Å². The van der Waals surface area contributed by atoms with E-state index in [1.54, 1.807) is 23.6 Å². The predicted molar refractivity (Wildman–Crippen MR) is 106 cm³/mol. The molecule has 1 aromatic heterocycles. The number of morpholine rings is 1. The molecule has 3 N–H and O–H groups in total. The molecule has 2 aromatic rings. The van der Waals surface area contributed by atoms with Gasteiger partial charge in [-0.1, -0.05) is 6.07 Å². The summed E-state index contributed by atoms with van der Waals surface area (Å²) in [5.74, 6) is -2.27. The Bertz CT molecular complexity index is 817. The van der Waals surface area contributed by atoms with E-state index in [0.717, 1.165) is 30.1 Å². The monoisotopic (exact) mass is 403 g/mol. The second-order valence-electron chi connectivity index (χ2n) is 6.15. The lowest BCUT2D eigenvalue weighted by Crippen LogP contribution is -2.48. The van der Waals surface area contributed by atoms with Crippen LogP contribution >= 0.6 is 11.3 Å². The molecule has 1 fully saturated rings. The van der Waals surface area contributed by atoms with Gasteiger partial charge in [0.2, 0.25) is 5.91 Å². The van der Waals surface area contributed by atoms with Crippen molar-refractivity contribution >= 4 is 40.3 Å². The maximum Gasteiger partial charge on any atom is 0.293 e. The largest absolute Gasteiger partial charge is 0.394 e. The van der Waals surface area contributed by atoms with Crippen molar-refractivity contribution < 1.29 is 24.2 Å². The van der Waals surface area contributed by atoms with Gasteiger partial charge in [-0.05, 0) is 35.7 Å². The fraction of sp³-hybridized carbons (Fsp3) is 0.316. The number of Topliss-reactive ketones (excluding diaryl/α,β-unsaturated/α-hetero) is 1. The number of aliphatic hydroxyl groups excluding tert-OH is 1. The molecule has 28 heavy (non-hydrogen) atoms. The first-order valence-electron chi connectivity index (χ1n) is 8.81. The van der Waals surface area contributed by atoms with Crippen LogP contribution in [0, 0.1) is 0 Å². The highest BCUT2D eigenvalue weighted by atomic mass is 32.1. The van der Waals surface area contributed by atoms with Crippen molar-refractivity contribution in [3.05, 3.63) is 46.7 Å². The molecule has 8 nitrogen and oxygen atoms in total. The first kappa shape index (κ1) is 20.0. The summed E-state index contributed by atoms with van der Waals surface area (Å²) in [5, 5.41) is 16.0. The van der Waals surface area contributed by atoms with Crippen LogP contribution in [-0.2, 0) is 14.3 Å². The van der Waals surface area contributed by atoms with Gasteiger partial charge in [0.1, 0.15) is 6.04 Å². The molecule has 1 aliphatic heterocycles. The Morgan fingerprint density at radius 2 is 1.86 bits per heavy atom. The third-order valence-electron chi connectivity index (χ3n) is 4.27. The van der Waals surface area contributed by atoms with E-state index >= 15 is 0 Å². The zero-order chi connectivity index (χ0) is 19.9. The Hall–Kier alpha value is -2.75. The first-order chi connectivity index (χ1) is 13.6. The van der Waals surface area contributed by atoms with Gasteiger partial charge in [0, 0.05) is 24.5 Å². The molecule has 3 rings (SSSR count). The van der Waals surface area contributed by atoms with E-state index in [9.17, 15) is 19.5 Å². The van der Waals surface area contributed by atoms with Gasteiger partial charge in [-0.3, -0.25) is 14.4 Å². The fourth-order valence-corrected chi connectivity index (χ4v) is 3.40. The number of benzene rings is 1. The number of hydrogen-bond acceptors (Lipinski definition) is 7. The quantitative estimate of drug-likeness (QED) is 0.468. The summed E-state index contributed by atoms with van der Waals surface area (Å²) in [4.78, 5) is 38.8. The molecule has 1 aromatic carbocycles. The highest BCUT2D eigenvalue weighted by molar-refractivity contribution is 7.13. The number of carbonyl (C=O) groups excluding carboxylic acids is 3. The van der Waals surface area contributed by atoms with Crippen LogP contribution < -0.4 is 15.5 Å². The average Bonchev–Trinajstić information content (AvgIpc) is 3.27. The molecule has 0 bridgehead atoms. The summed E-state index contributed by atoms with van der Waals surface area (Å²) in [6, 6.07) is 9.21. The van der Waals surface area contributed by atoms with E-state index in [4.69, 9.17) is 4.74 Å². The number of nitrogens with zero attached hydrogens (tertiary/aromatic N) is 1. The number of nitrogens with one attached hydrogen (secondary N) is 2. The van der Waals surface area contributed by atoms with Crippen molar-refractivity contribution in [2.45, 2.75) is 6.04 Å². The van der Waals surface area contributed by atoms with E-state index < -0.39 is 30.2 Å². The summed E-state index contributed by atoms with van der Waals surface area (Å²) in [6.07, 6.45) is 0. The molecule has 148 valence electrons. The molecule has 1 aliphatic rings. The SMILES string of the molecule is O=C(NC(CO)C(=O)Nc1ccc(N2CCOCC2)cc1)C(=O)c1cccs1. The number of aliphatic hydroxyl groups is 1. The van der Waals surface area contributed by atoms with E-state index in [0.29, 0.717) is 18.9 Å². The van der Waals surface area contributed by atoms with Crippen LogP contribution in [0.1, 0.15) is 9.67 Å². The number of amides is 2. The molecule has 2 heterocycles. The standard InChI is InChI=1S/C19H21N3O5S/c23-12-15(21-19(26)17(24)16-2-1-11-28-16)18(25)20-13-3-5-14(6-4-13)22-7-9-27-10-8-22/h1-6,11,15,23H,7-10,12H2,(H,20,25)(H,21,26). The lowest BCUT2D eigenvalue weighted by atomic mass is 10.2. The summed E-state index contributed by atoms with van der Waals surface area (Å²) in [5.41, 5.74) is 1.55. The number of carbonyl (C=O) groups is 3. The zero-order valence-electron chi connectivity index (χ0n) is 15.1. The topological polar surface area (TPSA) is 108 Å². The molecular formula is C19H21N3O5S. The number of thiophene rings is 1. The van der Waals surface area contributed by atoms with Crippen molar-refractivity contribution in [1.82, 2.24) is 5.32 Å². The number of anilines is 2. The van der Waals surface area contributed by atoms with Gasteiger partial charge in [-0.15, -0.1) is 11.3 Å². The Kier molecular flexibility index (Phi) is 6.75. The molecule has 1 saturated heterocycles. The van der Waals surface area contributed by atoms with Crippen LogP contribution in [0.4, 0.5) is 11.4 Å². The van der Waals surface area contributed by atoms with Crippen molar-refractivity contribution in [3.8, 4) is 0 Å². The summed E-state index contributed by atoms with van der Waals surface area (Å²) < 4.78 is 5.33. The second kappa shape index (κ2) is 9.45. The van der Waals surface area contributed by atoms with Crippen LogP contribution in [0.3, 0.4) is 0 Å². The highest BCUT2D eigenvalue weighted by Gasteiger charge is 2.25. The van der Waals surface area contributed by atoms with Gasteiger partial charge in [0.25, 0.3) is 11.7 Å². The number of ether oxygens (including phenoxy) is 1. The Labute approximate surface area is 166 Å². The predicted octanol–water partition coefficient (Wildman–Crippen LogP) is 0.883. The minimum atomic E-state index is -1.23. The van der Waals surface area contributed by atoms with Gasteiger partial charge in [0.05, 0.1) is 24.7 Å². The van der Waals surface area contributed by atoms with Crippen LogP contribution in [0.25, 0.3) is 0 Å². The van der Waals surface area contributed by atoms with Crippen molar-refractivity contribution in [2.75, 3.05) is 43.1 Å². The normalized spacial score (nSPS) is 15.0. The smallest absolute Gasteiger partial charge is 0.293 e. The molecular weight excluding hydrogens is 382 g/mol. The van der Waals surface area contributed by atoms with E-state index in [1.165, 1.54) is 6.07 Å². The Morgan fingerprint density at radius 1 is 1.14 bits per heavy atom. The number of hydrogen-bond donors (Lipinski definition) is 3. The molecule has 0 aliphatic carbocycles. The molecule has 1 unspecified atom stereocenters. The number of rotatable bonds is 7. The highest BCUT2D eigenvalue weighted by Crippen LogP contribution is 2.19. The Balaban J connectivity index is 1.57. The van der Waals surface area contributed by atoms with Gasteiger partial charge in [-0.2, -0.15) is 0 Å². The van der Waals surface area contributed by atoms with Crippen LogP contribution in [-0.4, -0.2) is 61.7 Å². The molecule has 0 spiro atoms. The fourth-order valence-electron chi connectivity index (χ4n) is 2.74. The van der Waals surface area contributed by atoms with E-state index in [-0.39, 0.29) is 4.88 Å². The summed E-state index contributed by atoms with van der Waals surface area (Å²) in [6.45, 7) is 2.35. The lowest BCUT2D eigenvalue weighted by molar-refractivity contribution is -0.124. The third kappa shape index (κ3) is 4.94. The second-order valence-corrected chi connectivity index (χ2v) is 7.10. The van der Waals surface area contributed by atoms with Gasteiger partial charge in [-0.25, -0.2) is 0 Å². The maximum atomic E-state index is 12.4. The Morgan fingerprint density at radius 3 is 2.46 bits per heavy atom. The van der Waals surface area contributed by atoms with E-state index in [2.05, 4.69) is 15.5 Å². The summed E-state index contributed by atoms with van der Waals surface area (Å²) in [7, 11) is 0. The van der Waals surface area contributed by atoms with E-state index in [1.807, 2.05) is 12.1 Å². The zero-order valence-corrected chi connectivity index (χ0v) is 15.9. The van der Waals surface area contributed by atoms with Gasteiger partial charge >= 0.3 is 0 Å².